The molecule has 3 atom stereocenters. The van der Waals surface area contributed by atoms with E-state index in [1.54, 1.807) is 0 Å². The van der Waals surface area contributed by atoms with E-state index in [0.717, 1.165) is 24.2 Å². The van der Waals surface area contributed by atoms with Crippen molar-refractivity contribution in [1.82, 2.24) is 15.1 Å². The molecule has 184 valence electrons. The Hall–Kier alpha value is -3.48. The number of piperazine rings is 1. The number of urea groups is 1. The molecule has 7 nitrogen and oxygen atoms in total. The average Bonchev–Trinajstić information content (AvgIpc) is 3.58. The minimum atomic E-state index is -0.443. The van der Waals surface area contributed by atoms with Crippen LogP contribution < -0.4 is 15.8 Å². The number of amides is 3. The number of ether oxygens (including phenoxy) is 1. The molecule has 0 radical (unpaired) electrons. The van der Waals surface area contributed by atoms with Crippen molar-refractivity contribution in [2.24, 2.45) is 17.6 Å². The predicted octanol–water partition coefficient (Wildman–Crippen LogP) is 4.42. The van der Waals surface area contributed by atoms with Crippen LogP contribution in [-0.4, -0.2) is 46.4 Å². The number of primary amides is 1. The first-order valence-corrected chi connectivity index (χ1v) is 12.4. The summed E-state index contributed by atoms with van der Waals surface area (Å²) >= 11 is 0. The summed E-state index contributed by atoms with van der Waals surface area (Å²) in [7, 11) is 0. The Balaban J connectivity index is 1.48. The summed E-state index contributed by atoms with van der Waals surface area (Å²) in [6.45, 7) is 7.18. The molecule has 2 aromatic carbocycles. The third-order valence-corrected chi connectivity index (χ3v) is 6.92. The van der Waals surface area contributed by atoms with E-state index in [2.05, 4.69) is 16.3 Å². The second-order valence-corrected chi connectivity index (χ2v) is 10.8. The number of hydrogen-bond acceptors (Lipinski definition) is 4. The molecule has 2 aliphatic heterocycles. The molecule has 7 heteroatoms. The van der Waals surface area contributed by atoms with Crippen LogP contribution in [0.4, 0.5) is 4.79 Å². The molecule has 2 fully saturated rings. The van der Waals surface area contributed by atoms with Gasteiger partial charge in [0, 0.05) is 24.3 Å². The van der Waals surface area contributed by atoms with E-state index >= 15 is 0 Å². The molecular weight excluding hydrogens is 440 g/mol. The lowest BCUT2D eigenvalue weighted by Crippen LogP contribution is -2.60. The van der Waals surface area contributed by atoms with Crippen LogP contribution in [0.15, 0.2) is 66.4 Å². The molecular formula is C28H34N4O3. The number of nitrogens with zero attached hydrogens (tertiary/aromatic N) is 2. The molecule has 0 spiro atoms. The molecule has 3 amide bonds. The summed E-state index contributed by atoms with van der Waals surface area (Å²) in [6.07, 6.45) is 4.35. The third-order valence-electron chi connectivity index (χ3n) is 6.92. The molecule has 3 N–H and O–H groups in total. The van der Waals surface area contributed by atoms with E-state index in [0.29, 0.717) is 24.8 Å². The van der Waals surface area contributed by atoms with Crippen molar-refractivity contribution >= 4 is 11.9 Å². The Morgan fingerprint density at radius 2 is 1.63 bits per heavy atom. The standard InChI is InChI=1S/C28H34N4O3/c1-28(2,3)30-27(34)32-16-15-31-23(18-9-10-18)17-22(26(29)33)25(31)24(32)19-11-13-21(14-12-19)35-20-7-5-4-6-8-20/h4-8,11-14,17-18,22,24-25H,9-10,15-16H2,1-3H3,(H2,29,33)(H,30,34). The molecule has 35 heavy (non-hydrogen) atoms. The number of carbonyl (C=O) groups excluding carboxylic acids is 2. The highest BCUT2D eigenvalue weighted by Gasteiger charge is 2.51. The molecule has 2 heterocycles. The van der Waals surface area contributed by atoms with Gasteiger partial charge in [-0.15, -0.1) is 0 Å². The average molecular weight is 475 g/mol. The van der Waals surface area contributed by atoms with Crippen LogP contribution >= 0.6 is 0 Å². The Morgan fingerprint density at radius 1 is 0.971 bits per heavy atom. The highest BCUT2D eigenvalue weighted by molar-refractivity contribution is 5.81. The van der Waals surface area contributed by atoms with E-state index in [1.807, 2.05) is 80.3 Å². The smallest absolute Gasteiger partial charge is 0.318 e. The van der Waals surface area contributed by atoms with Gasteiger partial charge in [0.05, 0.1) is 18.0 Å². The van der Waals surface area contributed by atoms with E-state index in [9.17, 15) is 9.59 Å². The van der Waals surface area contributed by atoms with Crippen LogP contribution in [-0.2, 0) is 4.79 Å². The van der Waals surface area contributed by atoms with Gasteiger partial charge in [-0.2, -0.15) is 0 Å². The summed E-state index contributed by atoms with van der Waals surface area (Å²) in [5.74, 6) is 1.19. The van der Waals surface area contributed by atoms with E-state index in [4.69, 9.17) is 10.5 Å². The summed E-state index contributed by atoms with van der Waals surface area (Å²) < 4.78 is 5.98. The maximum atomic E-state index is 13.4. The Labute approximate surface area is 206 Å². The molecule has 3 unspecified atom stereocenters. The number of nitrogens with two attached hydrogens (primary N) is 1. The van der Waals surface area contributed by atoms with Gasteiger partial charge in [0.15, 0.2) is 0 Å². The Kier molecular flexibility index (Phi) is 5.95. The number of allylic oxidation sites excluding steroid dienone is 1. The third kappa shape index (κ3) is 4.85. The number of para-hydroxylation sites is 1. The molecule has 2 aromatic rings. The van der Waals surface area contributed by atoms with Gasteiger partial charge in [0.2, 0.25) is 5.91 Å². The van der Waals surface area contributed by atoms with Crippen molar-refractivity contribution in [1.29, 1.82) is 0 Å². The van der Waals surface area contributed by atoms with Crippen LogP contribution in [0, 0.1) is 11.8 Å². The SMILES string of the molecule is CC(C)(C)NC(=O)N1CCN2C(C3CC3)=CC(C(N)=O)C2C1c1ccc(Oc2ccccc2)cc1. The van der Waals surface area contributed by atoms with E-state index < -0.39 is 5.92 Å². The topological polar surface area (TPSA) is 87.9 Å². The number of fused-ring (bicyclic) bond motifs is 1. The number of rotatable bonds is 5. The van der Waals surface area contributed by atoms with Gasteiger partial charge < -0.3 is 25.6 Å². The second kappa shape index (κ2) is 8.95. The molecule has 3 aliphatic rings. The van der Waals surface area contributed by atoms with Gasteiger partial charge in [-0.25, -0.2) is 4.79 Å². The van der Waals surface area contributed by atoms with Gasteiger partial charge in [-0.1, -0.05) is 36.4 Å². The zero-order valence-corrected chi connectivity index (χ0v) is 20.6. The molecule has 1 aliphatic carbocycles. The normalized spacial score (nSPS) is 24.0. The fourth-order valence-corrected chi connectivity index (χ4v) is 5.28. The monoisotopic (exact) mass is 474 g/mol. The first-order valence-electron chi connectivity index (χ1n) is 12.4. The maximum Gasteiger partial charge on any atom is 0.318 e. The minimum Gasteiger partial charge on any atom is -0.457 e. The number of carbonyl (C=O) groups is 2. The van der Waals surface area contributed by atoms with Crippen LogP contribution in [0.5, 0.6) is 11.5 Å². The number of benzene rings is 2. The fourth-order valence-electron chi connectivity index (χ4n) is 5.28. The van der Waals surface area contributed by atoms with Crippen LogP contribution in [0.2, 0.25) is 0 Å². The van der Waals surface area contributed by atoms with Gasteiger partial charge in [0.25, 0.3) is 0 Å². The van der Waals surface area contributed by atoms with Crippen molar-refractivity contribution in [3.05, 3.63) is 71.9 Å². The van der Waals surface area contributed by atoms with Gasteiger partial charge in [0.1, 0.15) is 11.5 Å². The molecule has 0 aromatic heterocycles. The first-order chi connectivity index (χ1) is 16.7. The molecule has 1 saturated heterocycles. The molecule has 0 bridgehead atoms. The minimum absolute atomic E-state index is 0.130. The Morgan fingerprint density at radius 3 is 2.23 bits per heavy atom. The van der Waals surface area contributed by atoms with Crippen molar-refractivity contribution in [2.75, 3.05) is 13.1 Å². The van der Waals surface area contributed by atoms with Crippen molar-refractivity contribution in [2.45, 2.75) is 51.2 Å². The van der Waals surface area contributed by atoms with Crippen LogP contribution in [0.25, 0.3) is 0 Å². The molecule has 1 saturated carbocycles. The van der Waals surface area contributed by atoms with E-state index in [-0.39, 0.29) is 29.6 Å². The lowest BCUT2D eigenvalue weighted by atomic mass is 9.86. The van der Waals surface area contributed by atoms with Crippen LogP contribution in [0.3, 0.4) is 0 Å². The lowest BCUT2D eigenvalue weighted by Gasteiger charge is -2.48. The quantitative estimate of drug-likeness (QED) is 0.671. The van der Waals surface area contributed by atoms with Crippen molar-refractivity contribution in [3.8, 4) is 11.5 Å². The predicted molar refractivity (Wildman–Crippen MR) is 135 cm³/mol. The molecule has 5 rings (SSSR count). The van der Waals surface area contributed by atoms with E-state index in [1.165, 1.54) is 5.70 Å². The highest BCUT2D eigenvalue weighted by atomic mass is 16.5. The van der Waals surface area contributed by atoms with Gasteiger partial charge >= 0.3 is 6.03 Å². The number of hydrogen-bond donors (Lipinski definition) is 2. The Bertz CT molecular complexity index is 1120. The van der Waals surface area contributed by atoms with Crippen LogP contribution in [0.1, 0.15) is 45.2 Å². The summed E-state index contributed by atoms with van der Waals surface area (Å²) in [4.78, 5) is 30.2. The summed E-state index contributed by atoms with van der Waals surface area (Å²) in [5, 5.41) is 3.11. The fraction of sp³-hybridized carbons (Fsp3) is 0.429. The maximum absolute atomic E-state index is 13.4. The van der Waals surface area contributed by atoms with Crippen molar-refractivity contribution in [3.63, 3.8) is 0 Å². The second-order valence-electron chi connectivity index (χ2n) is 10.8. The van der Waals surface area contributed by atoms with Gasteiger partial charge in [-0.05, 0) is 69.4 Å². The lowest BCUT2D eigenvalue weighted by molar-refractivity contribution is -0.122. The zero-order chi connectivity index (χ0) is 24.7. The highest BCUT2D eigenvalue weighted by Crippen LogP contribution is 2.49. The summed E-state index contributed by atoms with van der Waals surface area (Å²) in [6, 6.07) is 16.8. The largest absolute Gasteiger partial charge is 0.457 e. The number of nitrogens with one attached hydrogen (secondary N) is 1. The summed E-state index contributed by atoms with van der Waals surface area (Å²) in [5.41, 5.74) is 7.72. The first kappa shape index (κ1) is 23.3. The van der Waals surface area contributed by atoms with Crippen molar-refractivity contribution < 1.29 is 14.3 Å². The zero-order valence-electron chi connectivity index (χ0n) is 20.6. The van der Waals surface area contributed by atoms with Gasteiger partial charge in [-0.3, -0.25) is 4.79 Å².